The maximum atomic E-state index is 11.7. The van der Waals surface area contributed by atoms with E-state index in [1.807, 2.05) is 6.92 Å². The van der Waals surface area contributed by atoms with Crippen molar-refractivity contribution in [1.82, 2.24) is 5.32 Å². The van der Waals surface area contributed by atoms with Gasteiger partial charge in [0.1, 0.15) is 0 Å². The second-order valence-corrected chi connectivity index (χ2v) is 5.87. The van der Waals surface area contributed by atoms with E-state index in [0.717, 1.165) is 45.1 Å². The van der Waals surface area contributed by atoms with Gasteiger partial charge in [-0.1, -0.05) is 0 Å². The van der Waals surface area contributed by atoms with E-state index in [1.54, 1.807) is 0 Å². The van der Waals surface area contributed by atoms with E-state index >= 15 is 0 Å². The van der Waals surface area contributed by atoms with E-state index in [4.69, 9.17) is 9.47 Å². The highest BCUT2D eigenvalue weighted by Crippen LogP contribution is 2.26. The lowest BCUT2D eigenvalue weighted by atomic mass is 9.85. The third kappa shape index (κ3) is 4.46. The van der Waals surface area contributed by atoms with Crippen LogP contribution in [0, 0.1) is 5.92 Å². The normalized spacial score (nSPS) is 35.9. The molecule has 1 aliphatic carbocycles. The van der Waals surface area contributed by atoms with Crippen LogP contribution in [0.25, 0.3) is 0 Å². The van der Waals surface area contributed by atoms with Crippen LogP contribution in [0.5, 0.6) is 0 Å². The zero-order valence-electron chi connectivity index (χ0n) is 12.2. The molecule has 0 amide bonds. The average molecular weight is 269 g/mol. The third-order valence-corrected chi connectivity index (χ3v) is 4.30. The van der Waals surface area contributed by atoms with Crippen LogP contribution < -0.4 is 5.32 Å². The summed E-state index contributed by atoms with van der Waals surface area (Å²) in [6, 6.07) is 1.16. The molecule has 4 heteroatoms. The fourth-order valence-corrected chi connectivity index (χ4v) is 3.24. The minimum absolute atomic E-state index is 0.000591. The summed E-state index contributed by atoms with van der Waals surface area (Å²) < 4.78 is 10.7. The Labute approximate surface area is 116 Å². The number of carbonyl (C=O) groups is 1. The molecule has 1 saturated carbocycles. The van der Waals surface area contributed by atoms with E-state index in [9.17, 15) is 4.79 Å². The highest BCUT2D eigenvalue weighted by atomic mass is 16.5. The van der Waals surface area contributed by atoms with Crippen LogP contribution in [-0.4, -0.2) is 37.4 Å². The molecule has 0 spiro atoms. The van der Waals surface area contributed by atoms with Crippen molar-refractivity contribution in [2.75, 3.05) is 13.2 Å². The van der Waals surface area contributed by atoms with Crippen molar-refractivity contribution in [3.8, 4) is 0 Å². The Balaban J connectivity index is 1.69. The van der Waals surface area contributed by atoms with Gasteiger partial charge in [-0.15, -0.1) is 0 Å². The number of hydrogen-bond donors (Lipinski definition) is 1. The van der Waals surface area contributed by atoms with Gasteiger partial charge < -0.3 is 14.8 Å². The van der Waals surface area contributed by atoms with E-state index in [-0.39, 0.29) is 11.9 Å². The second kappa shape index (κ2) is 7.25. The lowest BCUT2D eigenvalue weighted by Gasteiger charge is -2.34. The van der Waals surface area contributed by atoms with Gasteiger partial charge in [-0.25, -0.2) is 0 Å². The first kappa shape index (κ1) is 14.8. The van der Waals surface area contributed by atoms with Crippen LogP contribution in [0.3, 0.4) is 0 Å². The molecule has 19 heavy (non-hydrogen) atoms. The van der Waals surface area contributed by atoms with Crippen LogP contribution in [-0.2, 0) is 14.3 Å². The van der Waals surface area contributed by atoms with Gasteiger partial charge in [0.05, 0.1) is 18.6 Å². The van der Waals surface area contributed by atoms with Crippen molar-refractivity contribution in [3.05, 3.63) is 0 Å². The van der Waals surface area contributed by atoms with Gasteiger partial charge in [-0.2, -0.15) is 0 Å². The number of esters is 1. The van der Waals surface area contributed by atoms with Crippen LogP contribution in [0.1, 0.15) is 52.4 Å². The molecule has 1 saturated heterocycles. The van der Waals surface area contributed by atoms with Crippen molar-refractivity contribution in [1.29, 1.82) is 0 Å². The highest BCUT2D eigenvalue weighted by Gasteiger charge is 2.29. The Kier molecular flexibility index (Phi) is 5.64. The van der Waals surface area contributed by atoms with E-state index in [2.05, 4.69) is 12.2 Å². The minimum Gasteiger partial charge on any atom is -0.466 e. The van der Waals surface area contributed by atoms with Crippen molar-refractivity contribution in [2.24, 2.45) is 5.92 Å². The maximum Gasteiger partial charge on any atom is 0.308 e. The minimum atomic E-state index is 0.000591. The van der Waals surface area contributed by atoms with Crippen molar-refractivity contribution < 1.29 is 14.3 Å². The average Bonchev–Trinajstić information content (AvgIpc) is 2.40. The first-order valence-corrected chi connectivity index (χ1v) is 7.73. The van der Waals surface area contributed by atoms with Gasteiger partial charge >= 0.3 is 5.97 Å². The topological polar surface area (TPSA) is 47.6 Å². The second-order valence-electron chi connectivity index (χ2n) is 5.87. The number of rotatable bonds is 4. The molecular weight excluding hydrogens is 242 g/mol. The predicted octanol–water partition coefficient (Wildman–Crippen LogP) is 2.27. The molecule has 0 radical (unpaired) electrons. The largest absolute Gasteiger partial charge is 0.466 e. The zero-order chi connectivity index (χ0) is 13.7. The first-order chi connectivity index (χ1) is 9.19. The highest BCUT2D eigenvalue weighted by molar-refractivity contribution is 5.72. The van der Waals surface area contributed by atoms with Crippen molar-refractivity contribution in [2.45, 2.75) is 70.6 Å². The fourth-order valence-electron chi connectivity index (χ4n) is 3.24. The molecule has 110 valence electrons. The predicted molar refractivity (Wildman–Crippen MR) is 74.0 cm³/mol. The van der Waals surface area contributed by atoms with Crippen LogP contribution in [0.2, 0.25) is 0 Å². The Morgan fingerprint density at radius 3 is 2.58 bits per heavy atom. The molecule has 0 bridgehead atoms. The summed E-state index contributed by atoms with van der Waals surface area (Å²) in [5.41, 5.74) is 0. The standard InChI is InChI=1S/C15H27NO3/c1-3-18-15(17)12-4-6-13(7-5-12)16-14-8-9-19-11(2)10-14/h11-14,16H,3-10H2,1-2H3. The van der Waals surface area contributed by atoms with Gasteiger partial charge in [-0.05, 0) is 52.4 Å². The Morgan fingerprint density at radius 1 is 1.21 bits per heavy atom. The monoisotopic (exact) mass is 269 g/mol. The molecule has 1 heterocycles. The van der Waals surface area contributed by atoms with Crippen molar-refractivity contribution >= 4 is 5.97 Å². The molecule has 1 aliphatic heterocycles. The summed E-state index contributed by atoms with van der Waals surface area (Å²) in [5, 5.41) is 3.75. The molecule has 1 N–H and O–H groups in total. The summed E-state index contributed by atoms with van der Waals surface area (Å²) in [7, 11) is 0. The third-order valence-electron chi connectivity index (χ3n) is 4.30. The molecule has 0 aromatic rings. The summed E-state index contributed by atoms with van der Waals surface area (Å²) in [5.74, 6) is 0.132. The molecule has 0 aromatic heterocycles. The summed E-state index contributed by atoms with van der Waals surface area (Å²) >= 11 is 0. The molecule has 2 atom stereocenters. The van der Waals surface area contributed by atoms with Crippen molar-refractivity contribution in [3.63, 3.8) is 0 Å². The summed E-state index contributed by atoms with van der Waals surface area (Å²) in [4.78, 5) is 11.7. The SMILES string of the molecule is CCOC(=O)C1CCC(NC2CCOC(C)C2)CC1. The summed E-state index contributed by atoms with van der Waals surface area (Å²) in [6.45, 7) is 5.39. The Morgan fingerprint density at radius 2 is 1.95 bits per heavy atom. The smallest absolute Gasteiger partial charge is 0.308 e. The first-order valence-electron chi connectivity index (χ1n) is 7.73. The Hall–Kier alpha value is -0.610. The fraction of sp³-hybridized carbons (Fsp3) is 0.933. The lowest BCUT2D eigenvalue weighted by Crippen LogP contribution is -2.45. The van der Waals surface area contributed by atoms with E-state index in [0.29, 0.717) is 24.8 Å². The Bertz CT molecular complexity index is 287. The lowest BCUT2D eigenvalue weighted by molar-refractivity contribution is -0.149. The zero-order valence-corrected chi connectivity index (χ0v) is 12.2. The van der Waals surface area contributed by atoms with Crippen LogP contribution >= 0.6 is 0 Å². The molecular formula is C15H27NO3. The van der Waals surface area contributed by atoms with E-state index < -0.39 is 0 Å². The van der Waals surface area contributed by atoms with Gasteiger partial charge in [-0.3, -0.25) is 4.79 Å². The number of ether oxygens (including phenoxy) is 2. The quantitative estimate of drug-likeness (QED) is 0.795. The van der Waals surface area contributed by atoms with Gasteiger partial charge in [0.25, 0.3) is 0 Å². The van der Waals surface area contributed by atoms with E-state index in [1.165, 1.54) is 0 Å². The van der Waals surface area contributed by atoms with Crippen LogP contribution in [0.4, 0.5) is 0 Å². The number of carbonyl (C=O) groups excluding carboxylic acids is 1. The molecule has 2 fully saturated rings. The molecule has 2 aliphatic rings. The van der Waals surface area contributed by atoms with Gasteiger partial charge in [0, 0.05) is 18.7 Å². The number of hydrogen-bond acceptors (Lipinski definition) is 4. The van der Waals surface area contributed by atoms with Crippen LogP contribution in [0.15, 0.2) is 0 Å². The van der Waals surface area contributed by atoms with Gasteiger partial charge in [0.2, 0.25) is 0 Å². The molecule has 2 rings (SSSR count). The van der Waals surface area contributed by atoms with Gasteiger partial charge in [0.15, 0.2) is 0 Å². The summed E-state index contributed by atoms with van der Waals surface area (Å²) in [6.07, 6.45) is 6.72. The molecule has 2 unspecified atom stereocenters. The molecule has 0 aromatic carbocycles. The maximum absolute atomic E-state index is 11.7. The number of nitrogens with one attached hydrogen (secondary N) is 1. The molecule has 4 nitrogen and oxygen atoms in total.